The Hall–Kier alpha value is -3.27. The molecule has 0 atom stereocenters. The first-order chi connectivity index (χ1) is 14.1. The highest BCUT2D eigenvalue weighted by molar-refractivity contribution is 5.94. The van der Waals surface area contributed by atoms with Gasteiger partial charge in [-0.2, -0.15) is 0 Å². The minimum Gasteiger partial charge on any atom is -0.507 e. The number of aryl methyl sites for hydroxylation is 4. The molecule has 0 aliphatic rings. The van der Waals surface area contributed by atoms with Crippen LogP contribution in [0.15, 0.2) is 36.4 Å². The maximum atomic E-state index is 12.1. The molecule has 0 amide bonds. The Morgan fingerprint density at radius 1 is 0.633 bits per heavy atom. The van der Waals surface area contributed by atoms with E-state index in [1.54, 1.807) is 12.1 Å². The lowest BCUT2D eigenvalue weighted by atomic mass is 9.91. The average molecular weight is 405 g/mol. The highest BCUT2D eigenvalue weighted by Gasteiger charge is 2.17. The van der Waals surface area contributed by atoms with Crippen molar-refractivity contribution >= 4 is 5.78 Å². The zero-order valence-corrected chi connectivity index (χ0v) is 18.1. The number of rotatable bonds is 5. The van der Waals surface area contributed by atoms with Crippen molar-refractivity contribution in [2.75, 3.05) is 0 Å². The fraction of sp³-hybridized carbons (Fsp3) is 0.269. The van der Waals surface area contributed by atoms with E-state index in [1.807, 2.05) is 52.0 Å². The Morgan fingerprint density at radius 3 is 1.37 bits per heavy atom. The van der Waals surface area contributed by atoms with Crippen molar-refractivity contribution in [2.45, 2.75) is 47.5 Å². The molecule has 0 aromatic heterocycles. The van der Waals surface area contributed by atoms with Crippen molar-refractivity contribution in [1.29, 1.82) is 0 Å². The van der Waals surface area contributed by atoms with Crippen LogP contribution in [0.25, 0.3) is 0 Å². The molecule has 0 bridgehead atoms. The number of phenolic OH excluding ortho intramolecular Hbond substituents is 3. The van der Waals surface area contributed by atoms with Gasteiger partial charge in [0.05, 0.1) is 0 Å². The molecule has 0 radical (unpaired) electrons. The zero-order chi connectivity index (χ0) is 22.2. The number of Topliss-reactive ketones (excluding diaryl/α,β-unsaturated/α-hetero) is 1. The van der Waals surface area contributed by atoms with Crippen LogP contribution in [0.1, 0.15) is 61.8 Å². The molecule has 0 heterocycles. The van der Waals surface area contributed by atoms with Crippen LogP contribution >= 0.6 is 0 Å². The summed E-state index contributed by atoms with van der Waals surface area (Å²) in [5.74, 6) is 0.368. The van der Waals surface area contributed by atoms with E-state index in [2.05, 4.69) is 0 Å². The second kappa shape index (κ2) is 8.23. The minimum atomic E-state index is -0.105. The third-order valence-corrected chi connectivity index (χ3v) is 5.48. The topological polar surface area (TPSA) is 77.8 Å². The first-order valence-corrected chi connectivity index (χ1v) is 10.0. The summed E-state index contributed by atoms with van der Waals surface area (Å²) < 4.78 is 0. The Bertz CT molecular complexity index is 1060. The van der Waals surface area contributed by atoms with Gasteiger partial charge in [-0.3, -0.25) is 4.79 Å². The number of aromatic hydroxyl groups is 3. The quantitative estimate of drug-likeness (QED) is 0.496. The molecule has 0 aliphatic heterocycles. The maximum Gasteiger partial charge on any atom is 0.159 e. The summed E-state index contributed by atoms with van der Waals surface area (Å²) in [5.41, 5.74) is 6.60. The zero-order valence-electron chi connectivity index (χ0n) is 18.1. The molecule has 0 saturated carbocycles. The molecule has 156 valence electrons. The summed E-state index contributed by atoms with van der Waals surface area (Å²) in [6, 6.07) is 10.9. The highest BCUT2D eigenvalue weighted by atomic mass is 16.3. The minimum absolute atomic E-state index is 0.0807. The van der Waals surface area contributed by atoms with Crippen LogP contribution in [-0.4, -0.2) is 21.1 Å². The first-order valence-electron chi connectivity index (χ1n) is 10.0. The largest absolute Gasteiger partial charge is 0.507 e. The smallest absolute Gasteiger partial charge is 0.159 e. The van der Waals surface area contributed by atoms with E-state index in [0.717, 1.165) is 22.3 Å². The van der Waals surface area contributed by atoms with Crippen LogP contribution in [0.3, 0.4) is 0 Å². The molecule has 30 heavy (non-hydrogen) atoms. The first kappa shape index (κ1) is 21.4. The van der Waals surface area contributed by atoms with E-state index in [9.17, 15) is 20.1 Å². The summed E-state index contributed by atoms with van der Waals surface area (Å²) in [4.78, 5) is 12.1. The number of hydrogen-bond acceptors (Lipinski definition) is 4. The second-order valence-corrected chi connectivity index (χ2v) is 8.23. The molecule has 0 aliphatic carbocycles. The molecule has 4 nitrogen and oxygen atoms in total. The third kappa shape index (κ3) is 4.33. The molecule has 0 saturated heterocycles. The predicted molar refractivity (Wildman–Crippen MR) is 119 cm³/mol. The van der Waals surface area contributed by atoms with E-state index in [4.69, 9.17) is 0 Å². The Balaban J connectivity index is 2.10. The monoisotopic (exact) mass is 404 g/mol. The second-order valence-electron chi connectivity index (χ2n) is 8.23. The molecule has 0 spiro atoms. The van der Waals surface area contributed by atoms with Gasteiger partial charge in [0, 0.05) is 18.4 Å². The van der Waals surface area contributed by atoms with Crippen molar-refractivity contribution in [3.8, 4) is 17.2 Å². The molecule has 3 aromatic rings. The van der Waals surface area contributed by atoms with Gasteiger partial charge in [0.15, 0.2) is 5.78 Å². The van der Waals surface area contributed by atoms with Gasteiger partial charge in [0.1, 0.15) is 17.2 Å². The summed E-state index contributed by atoms with van der Waals surface area (Å²) in [6.45, 7) is 9.08. The van der Waals surface area contributed by atoms with Crippen LogP contribution in [-0.2, 0) is 12.8 Å². The van der Waals surface area contributed by atoms with E-state index in [-0.39, 0.29) is 23.0 Å². The van der Waals surface area contributed by atoms with Crippen molar-refractivity contribution in [3.05, 3.63) is 86.5 Å². The van der Waals surface area contributed by atoms with E-state index < -0.39 is 0 Å². The molecule has 3 rings (SSSR count). The van der Waals surface area contributed by atoms with Crippen LogP contribution in [0.4, 0.5) is 0 Å². The number of benzene rings is 3. The van der Waals surface area contributed by atoms with Gasteiger partial charge in [0.2, 0.25) is 0 Å². The van der Waals surface area contributed by atoms with Gasteiger partial charge in [-0.25, -0.2) is 0 Å². The van der Waals surface area contributed by atoms with Crippen LogP contribution in [0, 0.1) is 27.7 Å². The van der Waals surface area contributed by atoms with Crippen LogP contribution < -0.4 is 0 Å². The molecule has 3 N–H and O–H groups in total. The van der Waals surface area contributed by atoms with Crippen molar-refractivity contribution < 1.29 is 20.1 Å². The lowest BCUT2D eigenvalue weighted by molar-refractivity contribution is 0.101. The van der Waals surface area contributed by atoms with E-state index >= 15 is 0 Å². The van der Waals surface area contributed by atoms with Gasteiger partial charge in [-0.05, 0) is 80.1 Å². The molecular weight excluding hydrogens is 376 g/mol. The standard InChI is InChI=1S/C26H28O4/c1-14-6-16(3)24(28)20(8-14)12-22-10-19(18(5)27)11-23(26(22)30)13-21-9-15(2)7-17(4)25(21)29/h6-11,28-30H,12-13H2,1-5H3. The van der Waals surface area contributed by atoms with Crippen LogP contribution in [0.5, 0.6) is 17.2 Å². The summed E-state index contributed by atoms with van der Waals surface area (Å²) in [6.07, 6.45) is 0.597. The van der Waals surface area contributed by atoms with Gasteiger partial charge < -0.3 is 15.3 Å². The van der Waals surface area contributed by atoms with E-state index in [0.29, 0.717) is 40.7 Å². The maximum absolute atomic E-state index is 12.1. The van der Waals surface area contributed by atoms with Crippen molar-refractivity contribution in [2.24, 2.45) is 0 Å². The summed E-state index contributed by atoms with van der Waals surface area (Å²) >= 11 is 0. The van der Waals surface area contributed by atoms with Crippen molar-refractivity contribution in [3.63, 3.8) is 0 Å². The fourth-order valence-corrected chi connectivity index (χ4v) is 4.01. The molecular formula is C26H28O4. The Kier molecular flexibility index (Phi) is 5.88. The Labute approximate surface area is 177 Å². The molecule has 0 unspecified atom stereocenters. The summed E-state index contributed by atoms with van der Waals surface area (Å²) in [5, 5.41) is 31.9. The third-order valence-electron chi connectivity index (χ3n) is 5.48. The number of hydrogen-bond donors (Lipinski definition) is 3. The van der Waals surface area contributed by atoms with Crippen LogP contribution in [0.2, 0.25) is 0 Å². The van der Waals surface area contributed by atoms with E-state index in [1.165, 1.54) is 6.92 Å². The molecule has 0 fully saturated rings. The SMILES string of the molecule is CC(=O)c1cc(Cc2cc(C)cc(C)c2O)c(O)c(Cc2cc(C)cc(C)c2O)c1. The lowest BCUT2D eigenvalue weighted by Gasteiger charge is -2.16. The molecule has 4 heteroatoms. The number of carbonyl (C=O) groups is 1. The fourth-order valence-electron chi connectivity index (χ4n) is 4.01. The lowest BCUT2D eigenvalue weighted by Crippen LogP contribution is -2.02. The Morgan fingerprint density at radius 2 is 1.00 bits per heavy atom. The van der Waals surface area contributed by atoms with Gasteiger partial charge in [0.25, 0.3) is 0 Å². The molecule has 3 aromatic carbocycles. The average Bonchev–Trinajstić information content (AvgIpc) is 2.66. The van der Waals surface area contributed by atoms with Gasteiger partial charge in [-0.15, -0.1) is 0 Å². The number of phenols is 3. The predicted octanol–water partition coefficient (Wildman–Crippen LogP) is 5.42. The summed E-state index contributed by atoms with van der Waals surface area (Å²) in [7, 11) is 0. The normalized spacial score (nSPS) is 11.0. The van der Waals surface area contributed by atoms with Gasteiger partial charge >= 0.3 is 0 Å². The number of carbonyl (C=O) groups excluding carboxylic acids is 1. The van der Waals surface area contributed by atoms with Crippen molar-refractivity contribution in [1.82, 2.24) is 0 Å². The highest BCUT2D eigenvalue weighted by Crippen LogP contribution is 2.34. The van der Waals surface area contributed by atoms with Gasteiger partial charge in [-0.1, -0.05) is 35.4 Å². The number of ketones is 1.